The second-order valence-electron chi connectivity index (χ2n) is 13.2. The van der Waals surface area contributed by atoms with E-state index in [9.17, 15) is 17.9 Å². The molecule has 4 aromatic carbocycles. The Balaban J connectivity index is 1.42. The lowest BCUT2D eigenvalue weighted by molar-refractivity contribution is 0.227. The first kappa shape index (κ1) is 33.6. The number of aromatic nitrogens is 2. The number of sulfonamides is 1. The maximum absolute atomic E-state index is 14.2. The Morgan fingerprint density at radius 3 is 2.14 bits per heavy atom. The summed E-state index contributed by atoms with van der Waals surface area (Å²) in [5, 5.41) is 13.4. The van der Waals surface area contributed by atoms with E-state index in [1.807, 2.05) is 66.7 Å². The van der Waals surface area contributed by atoms with Crippen LogP contribution in [-0.2, 0) is 16.6 Å². The summed E-state index contributed by atoms with van der Waals surface area (Å²) < 4.78 is 52.1. The number of nitrogens with zero attached hydrogens (tertiary/aromatic N) is 4. The molecule has 258 valence electrons. The van der Waals surface area contributed by atoms with Crippen molar-refractivity contribution in [2.45, 2.75) is 51.4 Å². The Morgan fingerprint density at radius 2 is 1.52 bits per heavy atom. The Labute approximate surface area is 292 Å². The van der Waals surface area contributed by atoms with E-state index in [-0.39, 0.29) is 24.0 Å². The third-order valence-corrected chi connectivity index (χ3v) is 11.7. The van der Waals surface area contributed by atoms with Crippen LogP contribution in [0.25, 0.3) is 21.7 Å². The second-order valence-corrected chi connectivity index (χ2v) is 15.3. The van der Waals surface area contributed by atoms with Crippen LogP contribution < -0.4 is 9.04 Å². The van der Waals surface area contributed by atoms with Gasteiger partial charge in [0, 0.05) is 48.8 Å². The highest BCUT2D eigenvalue weighted by atomic mass is 32.2. The number of pyridine rings is 1. The lowest BCUT2D eigenvalue weighted by Gasteiger charge is -2.28. The molecule has 2 unspecified atom stereocenters. The fourth-order valence-corrected chi connectivity index (χ4v) is 8.43. The average molecular weight is 693 g/mol. The molecule has 8 nitrogen and oxygen atoms in total. The summed E-state index contributed by atoms with van der Waals surface area (Å²) in [6.07, 6.45) is 4.91. The molecule has 0 amide bonds. The van der Waals surface area contributed by atoms with Crippen molar-refractivity contribution in [2.75, 3.05) is 23.7 Å². The van der Waals surface area contributed by atoms with Gasteiger partial charge in [-0.3, -0.25) is 14.2 Å². The summed E-state index contributed by atoms with van der Waals surface area (Å²) in [5.41, 5.74) is 3.38. The zero-order chi connectivity index (χ0) is 35.0. The molecule has 0 radical (unpaired) electrons. The van der Waals surface area contributed by atoms with Gasteiger partial charge in [-0.1, -0.05) is 72.8 Å². The molecule has 1 aliphatic rings. The van der Waals surface area contributed by atoms with E-state index in [0.29, 0.717) is 51.7 Å². The van der Waals surface area contributed by atoms with Gasteiger partial charge < -0.3 is 14.4 Å². The molecule has 0 aliphatic carbocycles. The van der Waals surface area contributed by atoms with Gasteiger partial charge in [0.05, 0.1) is 23.4 Å². The summed E-state index contributed by atoms with van der Waals surface area (Å²) >= 11 is 0. The van der Waals surface area contributed by atoms with E-state index in [0.717, 1.165) is 29.5 Å². The predicted octanol–water partition coefficient (Wildman–Crippen LogP) is 7.89. The van der Waals surface area contributed by atoms with Crippen molar-refractivity contribution in [2.24, 2.45) is 0 Å². The van der Waals surface area contributed by atoms with E-state index >= 15 is 0 Å². The first-order valence-electron chi connectivity index (χ1n) is 17.0. The van der Waals surface area contributed by atoms with Gasteiger partial charge in [0.25, 0.3) is 0 Å². The number of hydrogen-bond acceptors (Lipinski definition) is 6. The highest BCUT2D eigenvalue weighted by Gasteiger charge is 2.33. The van der Waals surface area contributed by atoms with Crippen LogP contribution in [0.3, 0.4) is 0 Å². The topological polar surface area (TPSA) is 87.9 Å². The monoisotopic (exact) mass is 692 g/mol. The third kappa shape index (κ3) is 6.41. The fraction of sp³-hybridized carbons (Fsp3) is 0.275. The lowest BCUT2D eigenvalue weighted by Crippen LogP contribution is -2.40. The van der Waals surface area contributed by atoms with Crippen molar-refractivity contribution in [1.29, 1.82) is 0 Å². The van der Waals surface area contributed by atoms with Gasteiger partial charge in [0.15, 0.2) is 5.75 Å². The van der Waals surface area contributed by atoms with E-state index in [1.165, 1.54) is 16.4 Å². The van der Waals surface area contributed by atoms with Gasteiger partial charge in [-0.2, -0.15) is 0 Å². The zero-order valence-corrected chi connectivity index (χ0v) is 29.2. The highest BCUT2D eigenvalue weighted by Crippen LogP contribution is 2.49. The number of ether oxygens (including phenoxy) is 1. The van der Waals surface area contributed by atoms with E-state index in [1.54, 1.807) is 42.2 Å². The minimum absolute atomic E-state index is 0.0635. The van der Waals surface area contributed by atoms with Gasteiger partial charge >= 0.3 is 0 Å². The van der Waals surface area contributed by atoms with Crippen LogP contribution in [0.5, 0.6) is 11.6 Å². The number of likely N-dealkylation sites (tertiary alicyclic amines) is 1. The van der Waals surface area contributed by atoms with Crippen LogP contribution in [-0.4, -0.2) is 59.4 Å². The Kier molecular flexibility index (Phi) is 9.24. The predicted molar refractivity (Wildman–Crippen MR) is 197 cm³/mol. The summed E-state index contributed by atoms with van der Waals surface area (Å²) in [7, 11) is -2.26. The van der Waals surface area contributed by atoms with Gasteiger partial charge in [-0.25, -0.2) is 12.8 Å². The normalized spacial score (nSPS) is 16.8. The fourth-order valence-electron chi connectivity index (χ4n) is 7.24. The van der Waals surface area contributed by atoms with Crippen LogP contribution in [0.1, 0.15) is 49.5 Å². The van der Waals surface area contributed by atoms with Crippen LogP contribution in [0.15, 0.2) is 109 Å². The molecule has 1 N–H and O–H groups in total. The maximum Gasteiger partial charge on any atom is 0.236 e. The highest BCUT2D eigenvalue weighted by molar-refractivity contribution is 7.92. The van der Waals surface area contributed by atoms with E-state index in [2.05, 4.69) is 18.7 Å². The van der Waals surface area contributed by atoms with Crippen LogP contribution in [0.2, 0.25) is 0 Å². The van der Waals surface area contributed by atoms with Crippen molar-refractivity contribution >= 4 is 37.4 Å². The number of halogens is 1. The molecule has 0 bridgehead atoms. The molecular formula is C40H41FN4O4S. The van der Waals surface area contributed by atoms with Crippen molar-refractivity contribution in [3.8, 4) is 11.6 Å². The summed E-state index contributed by atoms with van der Waals surface area (Å²) in [6.45, 7) is 4.92. The number of fused-ring (bicyclic) bond motifs is 2. The molecule has 7 rings (SSSR count). The minimum Gasteiger partial charge on any atom is -0.494 e. The van der Waals surface area contributed by atoms with Crippen molar-refractivity contribution in [3.63, 3.8) is 0 Å². The Bertz CT molecular complexity index is 2180. The number of hydrogen-bond donors (Lipinski definition) is 1. The molecule has 10 heteroatoms. The molecule has 1 fully saturated rings. The quantitative estimate of drug-likeness (QED) is 0.149. The maximum atomic E-state index is 14.2. The van der Waals surface area contributed by atoms with Crippen LogP contribution in [0, 0.1) is 5.82 Å². The van der Waals surface area contributed by atoms with Gasteiger partial charge in [-0.05, 0) is 67.6 Å². The standard InChI is InChI=1S/C40H41FN4O4S/c1-27-16-17-28(2)45(27)23-24-50(47,48)43(3)37-33-15-10-22-42-36(33)39(49-38(30-11-6-4-7-12-30)31-13-8-5-9-14-31)35-34(37)26-44(40(35)46)25-29-18-20-32(41)21-19-29/h4-15,18-22,26-28,38,46H,16-17,23-25H2,1-3H3. The molecule has 50 heavy (non-hydrogen) atoms. The van der Waals surface area contributed by atoms with Crippen molar-refractivity contribution < 1.29 is 22.7 Å². The minimum atomic E-state index is -3.83. The zero-order valence-electron chi connectivity index (χ0n) is 28.4. The molecule has 3 heterocycles. The van der Waals surface area contributed by atoms with E-state index in [4.69, 9.17) is 9.72 Å². The SMILES string of the molecule is CC1CCC(C)N1CCS(=O)(=O)N(C)c1c2cccnc2c(OC(c2ccccc2)c2ccccc2)c2c(O)n(Cc3ccc(F)cc3)cc12. The molecule has 6 aromatic rings. The molecule has 0 spiro atoms. The molecular weight excluding hydrogens is 652 g/mol. The lowest BCUT2D eigenvalue weighted by atomic mass is 10.0. The summed E-state index contributed by atoms with van der Waals surface area (Å²) in [4.78, 5) is 7.01. The third-order valence-electron chi connectivity index (χ3n) is 9.99. The summed E-state index contributed by atoms with van der Waals surface area (Å²) in [6, 6.07) is 30.0. The molecule has 1 aliphatic heterocycles. The molecule has 0 saturated carbocycles. The van der Waals surface area contributed by atoms with Crippen molar-refractivity contribution in [3.05, 3.63) is 132 Å². The molecule has 2 aromatic heterocycles. The largest absolute Gasteiger partial charge is 0.494 e. The van der Waals surface area contributed by atoms with Gasteiger partial charge in [-0.15, -0.1) is 0 Å². The number of benzene rings is 4. The van der Waals surface area contributed by atoms with Crippen molar-refractivity contribution in [1.82, 2.24) is 14.5 Å². The smallest absolute Gasteiger partial charge is 0.236 e. The number of anilines is 1. The van der Waals surface area contributed by atoms with Crippen LogP contribution >= 0.6 is 0 Å². The Morgan fingerprint density at radius 1 is 0.900 bits per heavy atom. The van der Waals surface area contributed by atoms with Crippen LogP contribution in [0.4, 0.5) is 10.1 Å². The van der Waals surface area contributed by atoms with Gasteiger partial charge in [0.1, 0.15) is 17.4 Å². The summed E-state index contributed by atoms with van der Waals surface area (Å²) in [5.74, 6) is -0.203. The number of aromatic hydroxyl groups is 1. The second kappa shape index (κ2) is 13.8. The van der Waals surface area contributed by atoms with E-state index < -0.39 is 16.1 Å². The first-order chi connectivity index (χ1) is 24.1. The van der Waals surface area contributed by atoms with Gasteiger partial charge in [0.2, 0.25) is 15.9 Å². The average Bonchev–Trinajstić information content (AvgIpc) is 3.63. The first-order valence-corrected chi connectivity index (χ1v) is 18.6. The number of rotatable bonds is 11. The molecule has 1 saturated heterocycles. The Hall–Kier alpha value is -4.93. The molecule has 2 atom stereocenters.